The Kier molecular flexibility index (Phi) is 9.43. The van der Waals surface area contributed by atoms with Crippen LogP contribution in [0, 0.1) is 46.3 Å². The predicted molar refractivity (Wildman–Crippen MR) is 185 cm³/mol. The van der Waals surface area contributed by atoms with Crippen molar-refractivity contribution in [2.24, 2.45) is 46.3 Å². The number of carboxylic acid groups (broad SMARTS) is 2. The van der Waals surface area contributed by atoms with Crippen LogP contribution in [0.25, 0.3) is 5.57 Å². The van der Waals surface area contributed by atoms with Gasteiger partial charge in [-0.2, -0.15) is 0 Å². The molecule has 2 aromatic carbocycles. The lowest BCUT2D eigenvalue weighted by Gasteiger charge is -2.61. The standard InChI is InChI=1S/C39H48Cl2O6/c1-21(29-12-13-30-26-11-10-24-8-4-5-15-38(24,2)31(26)14-16-39(29,30)3)7-6-9-25(22-17-27(36(44)45)34(42)32(40)19-22)23-18-28(37(46)47)35(43)33(41)20-23/h9,17-21,24,26,29-31,42-43H,4-8,10-16H2,1-3H3,(H,44,45)(H,46,47)/t21-,24+,26?,29-,30+,31+,38+,39-/m1/s1. The van der Waals surface area contributed by atoms with Crippen molar-refractivity contribution in [2.75, 3.05) is 0 Å². The number of phenols is 2. The van der Waals surface area contributed by atoms with Gasteiger partial charge in [0.25, 0.3) is 0 Å². The quantitative estimate of drug-likeness (QED) is 0.220. The zero-order valence-electron chi connectivity index (χ0n) is 27.7. The van der Waals surface area contributed by atoms with Gasteiger partial charge in [0.15, 0.2) is 0 Å². The van der Waals surface area contributed by atoms with Gasteiger partial charge in [0.1, 0.15) is 22.6 Å². The van der Waals surface area contributed by atoms with E-state index >= 15 is 0 Å². The molecule has 8 atom stereocenters. The number of allylic oxidation sites excluding steroid dienone is 1. The Labute approximate surface area is 288 Å². The Morgan fingerprint density at radius 2 is 1.40 bits per heavy atom. The van der Waals surface area contributed by atoms with E-state index in [-0.39, 0.29) is 21.2 Å². The van der Waals surface area contributed by atoms with Crippen LogP contribution in [0.5, 0.6) is 11.5 Å². The average Bonchev–Trinajstić information content (AvgIpc) is 3.38. The summed E-state index contributed by atoms with van der Waals surface area (Å²) < 4.78 is 0. The summed E-state index contributed by atoms with van der Waals surface area (Å²) in [6, 6.07) is 5.62. The molecule has 4 aliphatic rings. The number of hydrogen-bond acceptors (Lipinski definition) is 4. The van der Waals surface area contributed by atoms with Crippen molar-refractivity contribution in [3.63, 3.8) is 0 Å². The molecule has 0 amide bonds. The van der Waals surface area contributed by atoms with Gasteiger partial charge in [-0.25, -0.2) is 9.59 Å². The third-order valence-electron chi connectivity index (χ3n) is 13.5. The van der Waals surface area contributed by atoms with Crippen LogP contribution in [0.3, 0.4) is 0 Å². The summed E-state index contributed by atoms with van der Waals surface area (Å²) in [6.45, 7) is 7.59. The number of aromatic hydroxyl groups is 2. The Bertz CT molecular complexity index is 1530. The van der Waals surface area contributed by atoms with Gasteiger partial charge in [0.05, 0.1) is 10.0 Å². The van der Waals surface area contributed by atoms with E-state index in [4.69, 9.17) is 23.2 Å². The second kappa shape index (κ2) is 13.0. The molecule has 0 spiro atoms. The molecule has 0 aromatic heterocycles. The molecule has 0 bridgehead atoms. The highest BCUT2D eigenvalue weighted by Gasteiger charge is 2.60. The van der Waals surface area contributed by atoms with Gasteiger partial charge < -0.3 is 20.4 Å². The van der Waals surface area contributed by atoms with Crippen molar-refractivity contribution < 1.29 is 30.0 Å². The molecule has 0 radical (unpaired) electrons. The van der Waals surface area contributed by atoms with Gasteiger partial charge in [-0.05, 0) is 152 Å². The molecule has 0 aliphatic heterocycles. The van der Waals surface area contributed by atoms with Crippen molar-refractivity contribution in [2.45, 2.75) is 97.8 Å². The Balaban J connectivity index is 1.26. The van der Waals surface area contributed by atoms with Crippen LogP contribution in [-0.4, -0.2) is 32.4 Å². The maximum absolute atomic E-state index is 11.9. The first kappa shape index (κ1) is 34.2. The molecule has 4 fully saturated rings. The third-order valence-corrected chi connectivity index (χ3v) is 14.1. The van der Waals surface area contributed by atoms with E-state index in [0.29, 0.717) is 45.8 Å². The van der Waals surface area contributed by atoms with Gasteiger partial charge in [-0.15, -0.1) is 0 Å². The van der Waals surface area contributed by atoms with Crippen LogP contribution in [0.1, 0.15) is 130 Å². The Morgan fingerprint density at radius 1 is 0.809 bits per heavy atom. The van der Waals surface area contributed by atoms with Crippen LogP contribution < -0.4 is 0 Å². The van der Waals surface area contributed by atoms with Crippen LogP contribution >= 0.6 is 23.2 Å². The molecule has 0 heterocycles. The van der Waals surface area contributed by atoms with E-state index in [1.807, 2.05) is 6.08 Å². The minimum absolute atomic E-state index is 0.126. The number of carboxylic acids is 2. The van der Waals surface area contributed by atoms with E-state index in [1.165, 1.54) is 88.5 Å². The van der Waals surface area contributed by atoms with Crippen molar-refractivity contribution in [3.05, 3.63) is 62.6 Å². The normalized spacial score (nSPS) is 32.1. The molecule has 4 N–H and O–H groups in total. The molecular weight excluding hydrogens is 635 g/mol. The predicted octanol–water partition coefficient (Wildman–Crippen LogP) is 10.7. The molecule has 0 saturated heterocycles. The smallest absolute Gasteiger partial charge is 0.339 e. The van der Waals surface area contributed by atoms with Crippen LogP contribution in [0.4, 0.5) is 0 Å². The monoisotopic (exact) mass is 682 g/mol. The summed E-state index contributed by atoms with van der Waals surface area (Å²) >= 11 is 12.6. The maximum Gasteiger partial charge on any atom is 0.339 e. The molecule has 2 aromatic rings. The fourth-order valence-electron chi connectivity index (χ4n) is 11.2. The second-order valence-corrected chi connectivity index (χ2v) is 16.4. The zero-order chi connectivity index (χ0) is 33.8. The van der Waals surface area contributed by atoms with Crippen LogP contribution in [-0.2, 0) is 0 Å². The lowest BCUT2D eigenvalue weighted by molar-refractivity contribution is -0.114. The summed E-state index contributed by atoms with van der Waals surface area (Å²) in [5, 5.41) is 39.8. The fourth-order valence-corrected chi connectivity index (χ4v) is 11.6. The average molecular weight is 684 g/mol. The fraction of sp³-hybridized carbons (Fsp3) is 0.590. The molecule has 254 valence electrons. The molecule has 6 rings (SSSR count). The van der Waals surface area contributed by atoms with Crippen molar-refractivity contribution in [3.8, 4) is 11.5 Å². The number of carbonyl (C=O) groups is 2. The SMILES string of the molecule is C[C@H](CCC=C(c1cc(Cl)c(O)c(C(=O)O)c1)c1cc(Cl)c(O)c(C(=O)O)c1)[C@H]1CC[C@H]2C3CC[C@@H]4CCCC[C@]4(C)[C@H]3CC[C@]12C. The minimum Gasteiger partial charge on any atom is -0.505 e. The lowest BCUT2D eigenvalue weighted by atomic mass is 9.44. The number of hydrogen-bond donors (Lipinski definition) is 4. The number of benzene rings is 2. The van der Waals surface area contributed by atoms with Gasteiger partial charge in [-0.1, -0.05) is 62.9 Å². The van der Waals surface area contributed by atoms with Crippen molar-refractivity contribution >= 4 is 40.7 Å². The summed E-state index contributed by atoms with van der Waals surface area (Å²) in [4.78, 5) is 23.9. The molecule has 4 saturated carbocycles. The van der Waals surface area contributed by atoms with E-state index < -0.39 is 23.4 Å². The first-order valence-electron chi connectivity index (χ1n) is 17.5. The summed E-state index contributed by atoms with van der Waals surface area (Å²) in [5.41, 5.74) is 1.52. The van der Waals surface area contributed by atoms with Crippen molar-refractivity contribution in [1.82, 2.24) is 0 Å². The molecule has 47 heavy (non-hydrogen) atoms. The highest BCUT2D eigenvalue weighted by molar-refractivity contribution is 6.33. The molecule has 6 nitrogen and oxygen atoms in total. The van der Waals surface area contributed by atoms with E-state index in [9.17, 15) is 30.0 Å². The molecule has 8 heteroatoms. The summed E-state index contributed by atoms with van der Waals surface area (Å²) in [6.07, 6.45) is 17.3. The van der Waals surface area contributed by atoms with Gasteiger partial charge in [0, 0.05) is 0 Å². The number of fused-ring (bicyclic) bond motifs is 5. The first-order chi connectivity index (χ1) is 22.3. The van der Waals surface area contributed by atoms with E-state index in [1.54, 1.807) is 0 Å². The third kappa shape index (κ3) is 5.96. The second-order valence-electron chi connectivity index (χ2n) is 15.6. The molecule has 1 unspecified atom stereocenters. The van der Waals surface area contributed by atoms with Gasteiger partial charge in [0.2, 0.25) is 0 Å². The highest BCUT2D eigenvalue weighted by atomic mass is 35.5. The molecular formula is C39H48Cl2O6. The van der Waals surface area contributed by atoms with E-state index in [0.717, 1.165) is 30.1 Å². The number of halogens is 2. The van der Waals surface area contributed by atoms with Gasteiger partial charge >= 0.3 is 11.9 Å². The van der Waals surface area contributed by atoms with Crippen molar-refractivity contribution in [1.29, 1.82) is 0 Å². The number of aromatic carboxylic acids is 2. The van der Waals surface area contributed by atoms with Gasteiger partial charge in [-0.3, -0.25) is 0 Å². The largest absolute Gasteiger partial charge is 0.505 e. The highest BCUT2D eigenvalue weighted by Crippen LogP contribution is 2.68. The summed E-state index contributed by atoms with van der Waals surface area (Å²) in [7, 11) is 0. The van der Waals surface area contributed by atoms with E-state index in [2.05, 4.69) is 20.8 Å². The topological polar surface area (TPSA) is 115 Å². The maximum atomic E-state index is 11.9. The molecule has 4 aliphatic carbocycles. The Hall–Kier alpha value is -2.70. The first-order valence-corrected chi connectivity index (χ1v) is 18.2. The minimum atomic E-state index is -1.33. The lowest BCUT2D eigenvalue weighted by Crippen LogP contribution is -2.53. The van der Waals surface area contributed by atoms with Crippen LogP contribution in [0.15, 0.2) is 30.3 Å². The number of rotatable bonds is 8. The van der Waals surface area contributed by atoms with Crippen LogP contribution in [0.2, 0.25) is 10.0 Å². The zero-order valence-corrected chi connectivity index (χ0v) is 29.2. The Morgan fingerprint density at radius 3 is 2.00 bits per heavy atom. The summed E-state index contributed by atoms with van der Waals surface area (Å²) in [5.74, 6) is 0.805.